The highest BCUT2D eigenvalue weighted by atomic mass is 16.4. The summed E-state index contributed by atoms with van der Waals surface area (Å²) in [6.07, 6.45) is 4.02. The van der Waals surface area contributed by atoms with Crippen LogP contribution in [0.5, 0.6) is 0 Å². The van der Waals surface area contributed by atoms with Crippen LogP contribution in [-0.4, -0.2) is 22.6 Å². The summed E-state index contributed by atoms with van der Waals surface area (Å²) in [6.45, 7) is 2.37. The van der Waals surface area contributed by atoms with E-state index < -0.39 is 5.97 Å². The molecule has 0 amide bonds. The SMILES string of the molecule is CC(CCNc1ccncc1)C(=O)O. The van der Waals surface area contributed by atoms with Crippen molar-refractivity contribution in [2.45, 2.75) is 13.3 Å². The van der Waals surface area contributed by atoms with E-state index in [0.717, 1.165) is 5.69 Å². The van der Waals surface area contributed by atoms with Gasteiger partial charge >= 0.3 is 5.97 Å². The summed E-state index contributed by atoms with van der Waals surface area (Å²) in [7, 11) is 0. The first kappa shape index (κ1) is 10.5. The zero-order valence-electron chi connectivity index (χ0n) is 8.10. The van der Waals surface area contributed by atoms with Crippen LogP contribution >= 0.6 is 0 Å². The Labute approximate surface area is 83.0 Å². The molecule has 0 radical (unpaired) electrons. The molecular weight excluding hydrogens is 180 g/mol. The third-order valence-electron chi connectivity index (χ3n) is 2.01. The fourth-order valence-electron chi connectivity index (χ4n) is 1.03. The molecule has 0 bridgehead atoms. The van der Waals surface area contributed by atoms with Crippen molar-refractivity contribution in [1.29, 1.82) is 0 Å². The van der Waals surface area contributed by atoms with Crippen molar-refractivity contribution in [3.8, 4) is 0 Å². The minimum atomic E-state index is -0.749. The number of aliphatic carboxylic acids is 1. The van der Waals surface area contributed by atoms with E-state index in [1.807, 2.05) is 12.1 Å². The molecule has 4 heteroatoms. The second-order valence-electron chi connectivity index (χ2n) is 3.19. The zero-order chi connectivity index (χ0) is 10.4. The number of hydrogen-bond donors (Lipinski definition) is 2. The smallest absolute Gasteiger partial charge is 0.306 e. The van der Waals surface area contributed by atoms with Gasteiger partial charge in [0.1, 0.15) is 0 Å². The molecule has 0 aliphatic heterocycles. The van der Waals surface area contributed by atoms with Gasteiger partial charge in [0.2, 0.25) is 0 Å². The summed E-state index contributed by atoms with van der Waals surface area (Å²) < 4.78 is 0. The molecule has 1 unspecified atom stereocenters. The molecule has 0 aliphatic carbocycles. The molecule has 76 valence electrons. The topological polar surface area (TPSA) is 62.2 Å². The summed E-state index contributed by atoms with van der Waals surface area (Å²) in [5.74, 6) is -1.05. The van der Waals surface area contributed by atoms with Crippen molar-refractivity contribution in [3.63, 3.8) is 0 Å². The Morgan fingerprint density at radius 2 is 2.21 bits per heavy atom. The van der Waals surface area contributed by atoms with Gasteiger partial charge in [0, 0.05) is 24.6 Å². The van der Waals surface area contributed by atoms with Crippen LogP contribution in [0.1, 0.15) is 13.3 Å². The molecule has 1 atom stereocenters. The monoisotopic (exact) mass is 194 g/mol. The maximum Gasteiger partial charge on any atom is 0.306 e. The van der Waals surface area contributed by atoms with Crippen molar-refractivity contribution in [1.82, 2.24) is 4.98 Å². The number of carbonyl (C=O) groups is 1. The quantitative estimate of drug-likeness (QED) is 0.747. The maximum absolute atomic E-state index is 10.5. The lowest BCUT2D eigenvalue weighted by Crippen LogP contribution is -2.14. The molecule has 1 aromatic rings. The number of nitrogens with one attached hydrogen (secondary N) is 1. The predicted molar refractivity (Wildman–Crippen MR) is 54.1 cm³/mol. The molecule has 14 heavy (non-hydrogen) atoms. The fourth-order valence-corrected chi connectivity index (χ4v) is 1.03. The van der Waals surface area contributed by atoms with Gasteiger partial charge in [-0.1, -0.05) is 6.92 Å². The average Bonchev–Trinajstić information content (AvgIpc) is 2.19. The van der Waals surface area contributed by atoms with Gasteiger partial charge in [-0.2, -0.15) is 0 Å². The highest BCUT2D eigenvalue weighted by molar-refractivity contribution is 5.69. The minimum absolute atomic E-state index is 0.302. The van der Waals surface area contributed by atoms with E-state index in [2.05, 4.69) is 10.3 Å². The second-order valence-corrected chi connectivity index (χ2v) is 3.19. The van der Waals surface area contributed by atoms with Crippen LogP contribution in [0.2, 0.25) is 0 Å². The zero-order valence-corrected chi connectivity index (χ0v) is 8.10. The third kappa shape index (κ3) is 3.43. The maximum atomic E-state index is 10.5. The molecule has 1 aromatic heterocycles. The van der Waals surface area contributed by atoms with Gasteiger partial charge in [-0.05, 0) is 18.6 Å². The van der Waals surface area contributed by atoms with Gasteiger partial charge in [-0.15, -0.1) is 0 Å². The van der Waals surface area contributed by atoms with Crippen LogP contribution in [-0.2, 0) is 4.79 Å². The number of pyridine rings is 1. The minimum Gasteiger partial charge on any atom is -0.481 e. The summed E-state index contributed by atoms with van der Waals surface area (Å²) in [5, 5.41) is 11.8. The predicted octanol–water partition coefficient (Wildman–Crippen LogP) is 1.60. The van der Waals surface area contributed by atoms with Crippen molar-refractivity contribution < 1.29 is 9.90 Å². The van der Waals surface area contributed by atoms with Crippen LogP contribution in [0.3, 0.4) is 0 Å². The first-order valence-corrected chi connectivity index (χ1v) is 4.57. The molecule has 0 aromatic carbocycles. The summed E-state index contributed by atoms with van der Waals surface area (Å²) in [6, 6.07) is 3.71. The number of nitrogens with zero attached hydrogens (tertiary/aromatic N) is 1. The lowest BCUT2D eigenvalue weighted by atomic mass is 10.1. The molecule has 0 saturated heterocycles. The first-order chi connectivity index (χ1) is 6.70. The van der Waals surface area contributed by atoms with Crippen molar-refractivity contribution in [2.24, 2.45) is 5.92 Å². The van der Waals surface area contributed by atoms with Crippen molar-refractivity contribution in [2.75, 3.05) is 11.9 Å². The molecule has 4 nitrogen and oxygen atoms in total. The normalized spacial score (nSPS) is 12.1. The van der Waals surface area contributed by atoms with E-state index in [0.29, 0.717) is 13.0 Å². The Morgan fingerprint density at radius 1 is 1.57 bits per heavy atom. The van der Waals surface area contributed by atoms with E-state index in [1.165, 1.54) is 0 Å². The van der Waals surface area contributed by atoms with Gasteiger partial charge in [0.25, 0.3) is 0 Å². The van der Waals surface area contributed by atoms with E-state index in [1.54, 1.807) is 19.3 Å². The van der Waals surface area contributed by atoms with Gasteiger partial charge in [-0.3, -0.25) is 9.78 Å². The number of anilines is 1. The van der Waals surface area contributed by atoms with Crippen LogP contribution in [0.25, 0.3) is 0 Å². The van der Waals surface area contributed by atoms with Gasteiger partial charge in [0.05, 0.1) is 5.92 Å². The lowest BCUT2D eigenvalue weighted by molar-refractivity contribution is -0.141. The molecule has 0 aliphatic rings. The Morgan fingerprint density at radius 3 is 2.79 bits per heavy atom. The van der Waals surface area contributed by atoms with Crippen molar-refractivity contribution in [3.05, 3.63) is 24.5 Å². The van der Waals surface area contributed by atoms with E-state index in [-0.39, 0.29) is 5.92 Å². The highest BCUT2D eigenvalue weighted by Gasteiger charge is 2.09. The van der Waals surface area contributed by atoms with Crippen LogP contribution in [0.4, 0.5) is 5.69 Å². The van der Waals surface area contributed by atoms with Crippen LogP contribution in [0.15, 0.2) is 24.5 Å². The Balaban J connectivity index is 2.26. The van der Waals surface area contributed by atoms with E-state index in [9.17, 15) is 4.79 Å². The summed E-state index contributed by atoms with van der Waals surface area (Å²) >= 11 is 0. The van der Waals surface area contributed by atoms with Crippen LogP contribution in [0, 0.1) is 5.92 Å². The molecular formula is C10H14N2O2. The van der Waals surface area contributed by atoms with E-state index >= 15 is 0 Å². The van der Waals surface area contributed by atoms with Gasteiger partial charge in [-0.25, -0.2) is 0 Å². The number of aromatic nitrogens is 1. The third-order valence-corrected chi connectivity index (χ3v) is 2.01. The fraction of sp³-hybridized carbons (Fsp3) is 0.400. The first-order valence-electron chi connectivity index (χ1n) is 4.57. The number of hydrogen-bond acceptors (Lipinski definition) is 3. The number of rotatable bonds is 5. The largest absolute Gasteiger partial charge is 0.481 e. The van der Waals surface area contributed by atoms with Crippen LogP contribution < -0.4 is 5.32 Å². The number of carboxylic acids is 1. The molecule has 0 fully saturated rings. The summed E-state index contributed by atoms with van der Waals surface area (Å²) in [4.78, 5) is 14.4. The second kappa shape index (κ2) is 5.21. The Hall–Kier alpha value is -1.58. The highest BCUT2D eigenvalue weighted by Crippen LogP contribution is 2.06. The molecule has 0 spiro atoms. The average molecular weight is 194 g/mol. The molecule has 2 N–H and O–H groups in total. The van der Waals surface area contributed by atoms with Crippen molar-refractivity contribution >= 4 is 11.7 Å². The Bertz CT molecular complexity index is 287. The standard InChI is InChI=1S/C10H14N2O2/c1-8(10(13)14)2-7-12-9-3-5-11-6-4-9/h3-6,8H,2,7H2,1H3,(H,11,12)(H,13,14). The van der Waals surface area contributed by atoms with Gasteiger partial charge in [0.15, 0.2) is 0 Å². The molecule has 0 saturated carbocycles. The Kier molecular flexibility index (Phi) is 3.91. The molecule has 1 rings (SSSR count). The molecule has 1 heterocycles. The number of carboxylic acid groups (broad SMARTS) is 1. The lowest BCUT2D eigenvalue weighted by Gasteiger charge is -2.08. The van der Waals surface area contributed by atoms with Gasteiger partial charge < -0.3 is 10.4 Å². The van der Waals surface area contributed by atoms with E-state index in [4.69, 9.17) is 5.11 Å². The summed E-state index contributed by atoms with van der Waals surface area (Å²) in [5.41, 5.74) is 0.970.